The van der Waals surface area contributed by atoms with Gasteiger partial charge in [0.1, 0.15) is 0 Å². The third-order valence-corrected chi connectivity index (χ3v) is 1.22. The third kappa shape index (κ3) is 2.74. The first-order valence-corrected chi connectivity index (χ1v) is 2.98. The first-order chi connectivity index (χ1) is 4.84. The molecule has 0 aliphatic heterocycles. The number of benzene rings is 1. The zero-order chi connectivity index (χ0) is 7.40. The maximum absolute atomic E-state index is 11.9. The van der Waals surface area contributed by atoms with E-state index in [0.717, 1.165) is 5.01 Å². The molecule has 0 radical (unpaired) electrons. The van der Waals surface area contributed by atoms with Crippen LogP contribution in [0.15, 0.2) is 30.3 Å². The summed E-state index contributed by atoms with van der Waals surface area (Å²) in [6.07, 6.45) is 0. The lowest BCUT2D eigenvalue weighted by Gasteiger charge is -2.12. The van der Waals surface area contributed by atoms with Crippen LogP contribution >= 0.6 is 12.4 Å². The summed E-state index contributed by atoms with van der Waals surface area (Å²) in [6.45, 7) is -0.663. The van der Waals surface area contributed by atoms with Gasteiger partial charge >= 0.3 is 0 Å². The molecule has 0 atom stereocenters. The lowest BCUT2D eigenvalue weighted by Crippen LogP contribution is -2.29. The molecule has 0 aromatic heterocycles. The molecule has 4 heteroatoms. The summed E-state index contributed by atoms with van der Waals surface area (Å²) >= 11 is 0. The van der Waals surface area contributed by atoms with E-state index in [0.29, 0.717) is 5.69 Å². The topological polar surface area (TPSA) is 29.3 Å². The number of hydrogen-bond donors (Lipinski definition) is 1. The standard InChI is InChI=1S/C7H9FN2.ClH/c8-6-10(9)7-4-2-1-3-5-7;/h1-5H,6,9H2;1H. The van der Waals surface area contributed by atoms with Gasteiger partial charge < -0.3 is 0 Å². The number of hydrogen-bond acceptors (Lipinski definition) is 2. The van der Waals surface area contributed by atoms with E-state index in [4.69, 9.17) is 5.84 Å². The van der Waals surface area contributed by atoms with Crippen LogP contribution in [0.25, 0.3) is 0 Å². The molecule has 0 aliphatic carbocycles. The molecule has 2 N–H and O–H groups in total. The molecule has 11 heavy (non-hydrogen) atoms. The zero-order valence-electron chi connectivity index (χ0n) is 5.90. The molecule has 0 saturated carbocycles. The average Bonchev–Trinajstić information content (AvgIpc) is 2.05. The Balaban J connectivity index is 0.000001000. The van der Waals surface area contributed by atoms with Crippen molar-refractivity contribution in [2.75, 3.05) is 11.8 Å². The molecule has 0 fully saturated rings. The van der Waals surface area contributed by atoms with Crippen molar-refractivity contribution in [1.82, 2.24) is 0 Å². The molecular weight excluding hydrogens is 167 g/mol. The molecule has 0 amide bonds. The van der Waals surface area contributed by atoms with Gasteiger partial charge in [-0.1, -0.05) is 18.2 Å². The Bertz CT molecular complexity index is 193. The summed E-state index contributed by atoms with van der Waals surface area (Å²) in [6, 6.07) is 8.98. The van der Waals surface area contributed by atoms with Crippen molar-refractivity contribution in [3.63, 3.8) is 0 Å². The second-order valence-corrected chi connectivity index (χ2v) is 1.92. The smallest absolute Gasteiger partial charge is 0.175 e. The Hall–Kier alpha value is -0.800. The lowest BCUT2D eigenvalue weighted by atomic mass is 10.3. The fourth-order valence-corrected chi connectivity index (χ4v) is 0.688. The number of para-hydroxylation sites is 1. The van der Waals surface area contributed by atoms with Crippen LogP contribution in [0.4, 0.5) is 10.1 Å². The van der Waals surface area contributed by atoms with E-state index >= 15 is 0 Å². The van der Waals surface area contributed by atoms with Crippen molar-refractivity contribution in [2.45, 2.75) is 0 Å². The van der Waals surface area contributed by atoms with E-state index in [1.165, 1.54) is 0 Å². The Labute approximate surface area is 71.2 Å². The van der Waals surface area contributed by atoms with E-state index in [1.807, 2.05) is 18.2 Å². The molecule has 1 rings (SSSR count). The van der Waals surface area contributed by atoms with E-state index in [9.17, 15) is 4.39 Å². The number of nitrogens with zero attached hydrogens (tertiary/aromatic N) is 1. The van der Waals surface area contributed by atoms with Crippen LogP contribution in [0.1, 0.15) is 0 Å². The lowest BCUT2D eigenvalue weighted by molar-refractivity contribution is 0.479. The van der Waals surface area contributed by atoms with Crippen LogP contribution < -0.4 is 10.9 Å². The van der Waals surface area contributed by atoms with Gasteiger partial charge in [-0.15, -0.1) is 12.4 Å². The van der Waals surface area contributed by atoms with Crippen molar-refractivity contribution < 1.29 is 4.39 Å². The van der Waals surface area contributed by atoms with Crippen LogP contribution in [0, 0.1) is 0 Å². The minimum absolute atomic E-state index is 0. The minimum Gasteiger partial charge on any atom is -0.281 e. The van der Waals surface area contributed by atoms with Crippen LogP contribution in [-0.2, 0) is 0 Å². The summed E-state index contributed by atoms with van der Waals surface area (Å²) in [4.78, 5) is 0. The molecule has 0 aliphatic rings. The molecule has 0 unspecified atom stereocenters. The Morgan fingerprint density at radius 3 is 2.27 bits per heavy atom. The van der Waals surface area contributed by atoms with E-state index < -0.39 is 6.80 Å². The van der Waals surface area contributed by atoms with E-state index in [-0.39, 0.29) is 12.4 Å². The Morgan fingerprint density at radius 1 is 1.27 bits per heavy atom. The fourth-order valence-electron chi connectivity index (χ4n) is 0.688. The normalized spacial score (nSPS) is 8.55. The molecule has 0 spiro atoms. The number of hydrazine groups is 1. The molecule has 1 aromatic carbocycles. The highest BCUT2D eigenvalue weighted by atomic mass is 35.5. The van der Waals surface area contributed by atoms with Gasteiger partial charge in [-0.3, -0.25) is 5.01 Å². The van der Waals surface area contributed by atoms with Crippen molar-refractivity contribution in [2.24, 2.45) is 5.84 Å². The number of rotatable bonds is 2. The molecule has 0 bridgehead atoms. The van der Waals surface area contributed by atoms with Gasteiger partial charge in [-0.25, -0.2) is 10.2 Å². The minimum atomic E-state index is -0.663. The zero-order valence-corrected chi connectivity index (χ0v) is 6.72. The van der Waals surface area contributed by atoms with Crippen molar-refractivity contribution in [3.8, 4) is 0 Å². The van der Waals surface area contributed by atoms with Crippen molar-refractivity contribution >= 4 is 18.1 Å². The quantitative estimate of drug-likeness (QED) is 0.422. The highest BCUT2D eigenvalue weighted by molar-refractivity contribution is 5.85. The van der Waals surface area contributed by atoms with Crippen molar-refractivity contribution in [1.29, 1.82) is 0 Å². The largest absolute Gasteiger partial charge is 0.281 e. The third-order valence-electron chi connectivity index (χ3n) is 1.22. The summed E-state index contributed by atoms with van der Waals surface area (Å²) in [5.41, 5.74) is 0.685. The van der Waals surface area contributed by atoms with E-state index in [1.54, 1.807) is 12.1 Å². The Morgan fingerprint density at radius 2 is 1.82 bits per heavy atom. The molecular formula is C7H10ClFN2. The van der Waals surface area contributed by atoms with Crippen molar-refractivity contribution in [3.05, 3.63) is 30.3 Å². The number of alkyl halides is 1. The first kappa shape index (κ1) is 10.2. The summed E-state index contributed by atoms with van der Waals surface area (Å²) < 4.78 is 11.9. The summed E-state index contributed by atoms with van der Waals surface area (Å²) in [5.74, 6) is 5.25. The SMILES string of the molecule is Cl.NN(CF)c1ccccc1. The average molecular weight is 177 g/mol. The second-order valence-electron chi connectivity index (χ2n) is 1.92. The maximum Gasteiger partial charge on any atom is 0.175 e. The van der Waals surface area contributed by atoms with Gasteiger partial charge in [0, 0.05) is 0 Å². The Kier molecular flexibility index (Phi) is 4.57. The van der Waals surface area contributed by atoms with E-state index in [2.05, 4.69) is 0 Å². The summed E-state index contributed by atoms with van der Waals surface area (Å²) in [5, 5.41) is 1.04. The fraction of sp³-hybridized carbons (Fsp3) is 0.143. The van der Waals surface area contributed by atoms with Gasteiger partial charge in [-0.05, 0) is 12.1 Å². The first-order valence-electron chi connectivity index (χ1n) is 2.98. The molecule has 0 heterocycles. The maximum atomic E-state index is 11.9. The highest BCUT2D eigenvalue weighted by Gasteiger charge is 1.95. The van der Waals surface area contributed by atoms with Crippen LogP contribution in [0.3, 0.4) is 0 Å². The predicted octanol–water partition coefficient (Wildman–Crippen LogP) is 1.72. The van der Waals surface area contributed by atoms with Gasteiger partial charge in [-0.2, -0.15) is 0 Å². The monoisotopic (exact) mass is 176 g/mol. The number of halogens is 2. The molecule has 0 saturated heterocycles. The van der Waals surface area contributed by atoms with Crippen LogP contribution in [0.5, 0.6) is 0 Å². The van der Waals surface area contributed by atoms with Crippen LogP contribution in [0.2, 0.25) is 0 Å². The molecule has 2 nitrogen and oxygen atoms in total. The molecule has 62 valence electrons. The number of anilines is 1. The van der Waals surface area contributed by atoms with Gasteiger partial charge in [0.15, 0.2) is 6.80 Å². The van der Waals surface area contributed by atoms with Gasteiger partial charge in [0.25, 0.3) is 0 Å². The van der Waals surface area contributed by atoms with Crippen LogP contribution in [-0.4, -0.2) is 6.80 Å². The van der Waals surface area contributed by atoms with Gasteiger partial charge in [0.05, 0.1) is 5.69 Å². The van der Waals surface area contributed by atoms with Gasteiger partial charge in [0.2, 0.25) is 0 Å². The second kappa shape index (κ2) is 4.93. The summed E-state index contributed by atoms with van der Waals surface area (Å²) in [7, 11) is 0. The number of nitrogens with two attached hydrogens (primary N) is 1. The molecule has 1 aromatic rings. The highest BCUT2D eigenvalue weighted by Crippen LogP contribution is 2.07. The predicted molar refractivity (Wildman–Crippen MR) is 46.3 cm³/mol.